The van der Waals surface area contributed by atoms with Gasteiger partial charge in [-0.15, -0.1) is 0 Å². The van der Waals surface area contributed by atoms with Crippen LogP contribution in [0.15, 0.2) is 60.7 Å². The Morgan fingerprint density at radius 1 is 1.15 bits per heavy atom. The van der Waals surface area contributed by atoms with Crippen molar-refractivity contribution >= 4 is 23.4 Å². The van der Waals surface area contributed by atoms with Crippen LogP contribution in [0, 0.1) is 12.7 Å². The molecule has 0 saturated carbocycles. The predicted octanol–water partition coefficient (Wildman–Crippen LogP) is 5.15. The summed E-state index contributed by atoms with van der Waals surface area (Å²) in [6.07, 6.45) is 0.848. The molecular weight excluding hydrogens is 443 g/mol. The zero-order valence-corrected chi connectivity index (χ0v) is 19.1. The largest absolute Gasteiger partial charge is 0.496 e. The third kappa shape index (κ3) is 4.18. The molecule has 0 saturated heterocycles. The van der Waals surface area contributed by atoms with Gasteiger partial charge >= 0.3 is 0 Å². The zero-order valence-electron chi connectivity index (χ0n) is 18.3. The lowest BCUT2D eigenvalue weighted by molar-refractivity contribution is -0.123. The summed E-state index contributed by atoms with van der Waals surface area (Å²) in [6.45, 7) is 1.84. The van der Waals surface area contributed by atoms with Gasteiger partial charge in [-0.3, -0.25) is 9.59 Å². The van der Waals surface area contributed by atoms with Crippen molar-refractivity contribution in [1.29, 1.82) is 0 Å². The summed E-state index contributed by atoms with van der Waals surface area (Å²) in [7, 11) is 1.49. The van der Waals surface area contributed by atoms with Gasteiger partial charge in [-0.25, -0.2) is 4.39 Å². The first-order chi connectivity index (χ1) is 15.8. The van der Waals surface area contributed by atoms with Crippen LogP contribution in [-0.2, 0) is 11.2 Å². The summed E-state index contributed by atoms with van der Waals surface area (Å²) in [5.41, 5.74) is 8.60. The highest BCUT2D eigenvalue weighted by Crippen LogP contribution is 2.43. The molecule has 0 heterocycles. The maximum atomic E-state index is 14.7. The van der Waals surface area contributed by atoms with Crippen molar-refractivity contribution in [3.05, 3.63) is 99.3 Å². The van der Waals surface area contributed by atoms with E-state index in [4.69, 9.17) is 22.1 Å². The summed E-state index contributed by atoms with van der Waals surface area (Å²) >= 11 is 6.17. The lowest BCUT2D eigenvalue weighted by atomic mass is 9.97. The molecular formula is C26H24ClFN2O3. The number of methoxy groups -OCH3 is 1. The number of hydrogen-bond donors (Lipinski definition) is 1. The molecule has 5 nitrogen and oxygen atoms in total. The molecule has 2 N–H and O–H groups in total. The van der Waals surface area contributed by atoms with Gasteiger partial charge in [0.25, 0.3) is 5.91 Å². The number of hydrogen-bond acceptors (Lipinski definition) is 3. The van der Waals surface area contributed by atoms with Crippen LogP contribution in [0.4, 0.5) is 4.39 Å². The van der Waals surface area contributed by atoms with Gasteiger partial charge in [-0.2, -0.15) is 0 Å². The SMILES string of the molecule is COc1c(C)cccc1C(=O)N(C(C(N)=O)c1ccccc1)[C@@H]1CCc2c(F)cc(Cl)cc21. The molecule has 2 amide bonds. The van der Waals surface area contributed by atoms with Gasteiger partial charge < -0.3 is 15.4 Å². The van der Waals surface area contributed by atoms with E-state index in [1.54, 1.807) is 42.5 Å². The van der Waals surface area contributed by atoms with Gasteiger partial charge in [0, 0.05) is 5.02 Å². The van der Waals surface area contributed by atoms with E-state index in [0.717, 1.165) is 5.56 Å². The van der Waals surface area contributed by atoms with E-state index >= 15 is 0 Å². The van der Waals surface area contributed by atoms with Crippen molar-refractivity contribution in [2.45, 2.75) is 31.8 Å². The molecule has 0 spiro atoms. The van der Waals surface area contributed by atoms with Crippen molar-refractivity contribution in [1.82, 2.24) is 4.90 Å². The smallest absolute Gasteiger partial charge is 0.259 e. The molecule has 0 bridgehead atoms. The fraction of sp³-hybridized carbons (Fsp3) is 0.231. The Morgan fingerprint density at radius 2 is 1.88 bits per heavy atom. The Bertz CT molecular complexity index is 1220. The summed E-state index contributed by atoms with van der Waals surface area (Å²) in [4.78, 5) is 28.3. The van der Waals surface area contributed by atoms with Gasteiger partial charge in [0.05, 0.1) is 18.7 Å². The number of benzene rings is 3. The second kappa shape index (κ2) is 9.24. The van der Waals surface area contributed by atoms with Gasteiger partial charge in [0.1, 0.15) is 17.6 Å². The number of carbonyl (C=O) groups excluding carboxylic acids is 2. The van der Waals surface area contributed by atoms with E-state index in [1.165, 1.54) is 18.1 Å². The van der Waals surface area contributed by atoms with Crippen LogP contribution >= 0.6 is 11.6 Å². The number of nitrogens with zero attached hydrogens (tertiary/aromatic N) is 1. The monoisotopic (exact) mass is 466 g/mol. The topological polar surface area (TPSA) is 72.6 Å². The molecule has 1 aliphatic rings. The van der Waals surface area contributed by atoms with Crippen LogP contribution in [-0.4, -0.2) is 23.8 Å². The van der Waals surface area contributed by atoms with Gasteiger partial charge in [0.2, 0.25) is 5.91 Å². The lowest BCUT2D eigenvalue weighted by Crippen LogP contribution is -2.43. The van der Waals surface area contributed by atoms with Crippen molar-refractivity contribution in [3.8, 4) is 5.75 Å². The molecule has 0 aliphatic heterocycles. The predicted molar refractivity (Wildman–Crippen MR) is 125 cm³/mol. The Balaban J connectivity index is 1.92. The molecule has 3 aromatic carbocycles. The van der Waals surface area contributed by atoms with E-state index in [2.05, 4.69) is 0 Å². The Kier molecular flexibility index (Phi) is 6.38. The summed E-state index contributed by atoms with van der Waals surface area (Å²) < 4.78 is 20.2. The van der Waals surface area contributed by atoms with Crippen molar-refractivity contribution in [3.63, 3.8) is 0 Å². The second-order valence-corrected chi connectivity index (χ2v) is 8.53. The summed E-state index contributed by atoms with van der Waals surface area (Å²) in [5.74, 6) is -1.12. The molecule has 0 fully saturated rings. The number of nitrogens with two attached hydrogens (primary N) is 1. The average Bonchev–Trinajstić information content (AvgIpc) is 3.20. The van der Waals surface area contributed by atoms with E-state index < -0.39 is 29.7 Å². The van der Waals surface area contributed by atoms with Crippen LogP contribution in [0.1, 0.15) is 51.1 Å². The van der Waals surface area contributed by atoms with E-state index in [-0.39, 0.29) is 5.02 Å². The van der Waals surface area contributed by atoms with Crippen LogP contribution in [0.5, 0.6) is 5.75 Å². The number of fused-ring (bicyclic) bond motifs is 1. The van der Waals surface area contributed by atoms with E-state index in [9.17, 15) is 14.0 Å². The van der Waals surface area contributed by atoms with Crippen LogP contribution in [0.2, 0.25) is 5.02 Å². The Morgan fingerprint density at radius 3 is 2.55 bits per heavy atom. The van der Waals surface area contributed by atoms with Crippen LogP contribution in [0.3, 0.4) is 0 Å². The maximum Gasteiger partial charge on any atom is 0.259 e. The molecule has 1 aliphatic carbocycles. The Labute approximate surface area is 196 Å². The average molecular weight is 467 g/mol. The molecule has 7 heteroatoms. The van der Waals surface area contributed by atoms with Crippen molar-refractivity contribution in [2.75, 3.05) is 7.11 Å². The highest BCUT2D eigenvalue weighted by atomic mass is 35.5. The quantitative estimate of drug-likeness (QED) is 0.546. The number of ether oxygens (including phenoxy) is 1. The molecule has 1 unspecified atom stereocenters. The molecule has 0 aromatic heterocycles. The number of para-hydroxylation sites is 1. The highest BCUT2D eigenvalue weighted by molar-refractivity contribution is 6.30. The normalized spacial score (nSPS) is 15.6. The molecule has 33 heavy (non-hydrogen) atoms. The maximum absolute atomic E-state index is 14.7. The highest BCUT2D eigenvalue weighted by Gasteiger charge is 2.41. The number of rotatable bonds is 6. The van der Waals surface area contributed by atoms with Gasteiger partial charge in [-0.05, 0) is 60.2 Å². The zero-order chi connectivity index (χ0) is 23.7. The van der Waals surface area contributed by atoms with Crippen molar-refractivity contribution < 1.29 is 18.7 Å². The minimum Gasteiger partial charge on any atom is -0.496 e. The fourth-order valence-corrected chi connectivity index (χ4v) is 4.89. The Hall–Kier alpha value is -3.38. The molecule has 3 aromatic rings. The number of halogens is 2. The molecule has 0 radical (unpaired) electrons. The fourth-order valence-electron chi connectivity index (χ4n) is 4.68. The first kappa shape index (κ1) is 22.8. The van der Waals surface area contributed by atoms with Crippen LogP contribution < -0.4 is 10.5 Å². The van der Waals surface area contributed by atoms with Crippen molar-refractivity contribution in [2.24, 2.45) is 5.73 Å². The second-order valence-electron chi connectivity index (χ2n) is 8.09. The van der Waals surface area contributed by atoms with Gasteiger partial charge in [-0.1, -0.05) is 54.1 Å². The minimum atomic E-state index is -1.07. The number of amides is 2. The molecule has 4 rings (SSSR count). The van der Waals surface area contributed by atoms with E-state index in [1.807, 2.05) is 19.1 Å². The van der Waals surface area contributed by atoms with Gasteiger partial charge in [0.15, 0.2) is 0 Å². The van der Waals surface area contributed by atoms with E-state index in [0.29, 0.717) is 40.8 Å². The first-order valence-corrected chi connectivity index (χ1v) is 11.0. The first-order valence-electron chi connectivity index (χ1n) is 10.6. The third-order valence-corrected chi connectivity index (χ3v) is 6.32. The standard InChI is InChI=1S/C26H24ClFN2O3/c1-15-7-6-10-19(24(15)33-2)26(32)30(23(25(29)31)16-8-4-3-5-9-16)22-12-11-18-20(22)13-17(27)14-21(18)28/h3-10,13-14,22-23H,11-12H2,1-2H3,(H2,29,31)/t22-,23?/m1/s1. The number of primary amides is 1. The molecule has 170 valence electrons. The minimum absolute atomic E-state index is 0.231. The molecule has 2 atom stereocenters. The summed E-state index contributed by atoms with van der Waals surface area (Å²) in [5, 5.41) is 0.231. The number of carbonyl (C=O) groups is 2. The third-order valence-electron chi connectivity index (χ3n) is 6.10. The summed E-state index contributed by atoms with van der Waals surface area (Å²) in [6, 6.07) is 15.4. The van der Waals surface area contributed by atoms with Crippen LogP contribution in [0.25, 0.3) is 0 Å². The lowest BCUT2D eigenvalue weighted by Gasteiger charge is -2.36. The number of aryl methyl sites for hydroxylation is 1.